The van der Waals surface area contributed by atoms with Crippen molar-refractivity contribution in [1.29, 1.82) is 0 Å². The van der Waals surface area contributed by atoms with Gasteiger partial charge in [-0.3, -0.25) is 9.71 Å². The van der Waals surface area contributed by atoms with E-state index in [0.29, 0.717) is 12.5 Å². The van der Waals surface area contributed by atoms with Crippen LogP contribution in [0.15, 0.2) is 46.4 Å². The molecule has 1 aliphatic carbocycles. The minimum Gasteiger partial charge on any atom is -0.369 e. The summed E-state index contributed by atoms with van der Waals surface area (Å²) in [5, 5.41) is 0. The van der Waals surface area contributed by atoms with Crippen LogP contribution in [0.25, 0.3) is 6.08 Å². The van der Waals surface area contributed by atoms with Crippen LogP contribution in [-0.4, -0.2) is 17.5 Å². The topological polar surface area (TPSA) is 66.2 Å². The van der Waals surface area contributed by atoms with E-state index in [1.807, 2.05) is 0 Å². The molecule has 0 saturated heterocycles. The van der Waals surface area contributed by atoms with Crippen molar-refractivity contribution in [3.63, 3.8) is 0 Å². The summed E-state index contributed by atoms with van der Waals surface area (Å²) in [6.07, 6.45) is 11.0. The highest BCUT2D eigenvalue weighted by Gasteiger charge is 2.10. The highest BCUT2D eigenvalue weighted by molar-refractivity contribution is 7.98. The minimum atomic E-state index is 0.474. The second kappa shape index (κ2) is 8.11. The Bertz CT molecular complexity index is 728. The lowest BCUT2D eigenvalue weighted by atomic mass is 10.0. The molecule has 2 aromatic rings. The molecule has 24 heavy (non-hydrogen) atoms. The van der Waals surface area contributed by atoms with Gasteiger partial charge in [0.25, 0.3) is 0 Å². The Balaban J connectivity index is 1.50. The third-order valence-electron chi connectivity index (χ3n) is 4.15. The Morgan fingerprint density at radius 3 is 3.00 bits per heavy atom. The Labute approximate surface area is 147 Å². The smallest absolute Gasteiger partial charge is 0.199 e. The van der Waals surface area contributed by atoms with Gasteiger partial charge >= 0.3 is 0 Å². The minimum absolute atomic E-state index is 0.474. The number of aliphatic imine (C=N–C) groups is 1. The number of nitrogens with two attached hydrogens (primary N) is 1. The van der Waals surface area contributed by atoms with Crippen LogP contribution in [0.2, 0.25) is 0 Å². The number of hydrogen-bond acceptors (Lipinski definition) is 2. The van der Waals surface area contributed by atoms with Gasteiger partial charge in [0.1, 0.15) is 0 Å². The number of allylic oxidation sites excluding steroid dienone is 1. The fraction of sp³-hybridized carbons (Fsp3) is 0.316. The number of nitrogens with zero attached hydrogens (tertiary/aromatic N) is 1. The molecule has 1 aromatic heterocycles. The number of guanidine groups is 1. The maximum absolute atomic E-state index is 5.95. The standard InChI is InChI=1S/C19H24N4S/c1-14-7-9-16(10-8-14)24-23-19(20)21-12-11-15-13-22-18-6-4-2-3-5-17(15)18/h4,6-10,13,22H,2-3,5,11-12H2,1H3,(H3,20,21,23). The molecule has 0 spiro atoms. The molecule has 5 heteroatoms. The van der Waals surface area contributed by atoms with E-state index in [0.717, 1.165) is 24.2 Å². The van der Waals surface area contributed by atoms with Gasteiger partial charge in [0.15, 0.2) is 5.96 Å². The molecular formula is C19H24N4S. The van der Waals surface area contributed by atoms with Crippen molar-refractivity contribution in [2.75, 3.05) is 6.54 Å². The van der Waals surface area contributed by atoms with Gasteiger partial charge in [-0.2, -0.15) is 0 Å². The van der Waals surface area contributed by atoms with E-state index in [2.05, 4.69) is 64.2 Å². The van der Waals surface area contributed by atoms with Crippen molar-refractivity contribution in [2.45, 2.75) is 37.5 Å². The fourth-order valence-electron chi connectivity index (χ4n) is 2.82. The summed E-state index contributed by atoms with van der Waals surface area (Å²) < 4.78 is 3.10. The number of aromatic nitrogens is 1. The van der Waals surface area contributed by atoms with E-state index < -0.39 is 0 Å². The first-order valence-electron chi connectivity index (χ1n) is 8.37. The summed E-state index contributed by atoms with van der Waals surface area (Å²) in [5.74, 6) is 0.474. The summed E-state index contributed by atoms with van der Waals surface area (Å²) >= 11 is 1.49. The molecule has 0 atom stereocenters. The van der Waals surface area contributed by atoms with Crippen LogP contribution in [0.4, 0.5) is 0 Å². The largest absolute Gasteiger partial charge is 0.369 e. The van der Waals surface area contributed by atoms with Crippen molar-refractivity contribution in [2.24, 2.45) is 10.7 Å². The number of benzene rings is 1. The van der Waals surface area contributed by atoms with Gasteiger partial charge in [-0.1, -0.05) is 23.8 Å². The number of nitrogens with one attached hydrogen (secondary N) is 2. The van der Waals surface area contributed by atoms with Gasteiger partial charge in [0.2, 0.25) is 0 Å². The molecule has 3 rings (SSSR count). The molecular weight excluding hydrogens is 316 g/mol. The van der Waals surface area contributed by atoms with Crippen molar-refractivity contribution in [3.8, 4) is 0 Å². The maximum atomic E-state index is 5.95. The van der Waals surface area contributed by atoms with E-state index in [4.69, 9.17) is 5.73 Å². The number of H-pyrrole nitrogens is 1. The normalized spacial score (nSPS) is 14.3. The van der Waals surface area contributed by atoms with E-state index in [1.54, 1.807) is 0 Å². The lowest BCUT2D eigenvalue weighted by Crippen LogP contribution is -2.26. The van der Waals surface area contributed by atoms with Crippen LogP contribution in [0, 0.1) is 6.92 Å². The molecule has 0 unspecified atom stereocenters. The Morgan fingerprint density at radius 1 is 1.33 bits per heavy atom. The molecule has 1 aromatic carbocycles. The van der Waals surface area contributed by atoms with E-state index in [1.165, 1.54) is 40.8 Å². The Kier molecular flexibility index (Phi) is 5.64. The third-order valence-corrected chi connectivity index (χ3v) is 4.97. The Morgan fingerprint density at radius 2 is 2.17 bits per heavy atom. The Hall–Kier alpha value is -2.14. The fourth-order valence-corrected chi connectivity index (χ4v) is 3.38. The van der Waals surface area contributed by atoms with Crippen molar-refractivity contribution in [3.05, 3.63) is 58.9 Å². The SMILES string of the molecule is Cc1ccc(SNC(N)=NCCc2c[nH]c3c2CCCC=C3)cc1. The van der Waals surface area contributed by atoms with Gasteiger partial charge in [-0.25, -0.2) is 0 Å². The predicted molar refractivity (Wildman–Crippen MR) is 103 cm³/mol. The highest BCUT2D eigenvalue weighted by Crippen LogP contribution is 2.22. The highest BCUT2D eigenvalue weighted by atomic mass is 32.2. The van der Waals surface area contributed by atoms with Gasteiger partial charge in [0, 0.05) is 23.3 Å². The molecule has 0 amide bonds. The van der Waals surface area contributed by atoms with Gasteiger partial charge < -0.3 is 10.7 Å². The van der Waals surface area contributed by atoms with E-state index >= 15 is 0 Å². The van der Waals surface area contributed by atoms with Crippen molar-refractivity contribution < 1.29 is 0 Å². The molecule has 0 bridgehead atoms. The molecule has 126 valence electrons. The van der Waals surface area contributed by atoms with Crippen LogP contribution < -0.4 is 10.5 Å². The van der Waals surface area contributed by atoms with Gasteiger partial charge in [-0.15, -0.1) is 0 Å². The quantitative estimate of drug-likeness (QED) is 0.440. The van der Waals surface area contributed by atoms with Crippen LogP contribution >= 0.6 is 11.9 Å². The second-order valence-corrected chi connectivity index (χ2v) is 6.91. The number of fused-ring (bicyclic) bond motifs is 1. The van der Waals surface area contributed by atoms with Crippen LogP contribution in [0.1, 0.15) is 35.2 Å². The summed E-state index contributed by atoms with van der Waals surface area (Å²) in [4.78, 5) is 8.93. The van der Waals surface area contributed by atoms with E-state index in [9.17, 15) is 0 Å². The first-order chi connectivity index (χ1) is 11.7. The number of aromatic amines is 1. The van der Waals surface area contributed by atoms with Crippen molar-refractivity contribution >= 4 is 24.0 Å². The zero-order chi connectivity index (χ0) is 16.8. The van der Waals surface area contributed by atoms with Crippen LogP contribution in [0.5, 0.6) is 0 Å². The molecule has 0 fully saturated rings. The summed E-state index contributed by atoms with van der Waals surface area (Å²) in [6.45, 7) is 2.77. The van der Waals surface area contributed by atoms with Gasteiger partial charge in [0.05, 0.1) is 0 Å². The summed E-state index contributed by atoms with van der Waals surface area (Å²) in [7, 11) is 0. The lowest BCUT2D eigenvalue weighted by molar-refractivity contribution is 0.835. The third kappa shape index (κ3) is 4.45. The zero-order valence-corrected chi connectivity index (χ0v) is 14.8. The number of rotatable bonds is 5. The summed E-state index contributed by atoms with van der Waals surface area (Å²) in [6, 6.07) is 8.32. The zero-order valence-electron chi connectivity index (χ0n) is 14.0. The average Bonchev–Trinajstić information content (AvgIpc) is 2.81. The van der Waals surface area contributed by atoms with Crippen molar-refractivity contribution in [1.82, 2.24) is 9.71 Å². The first-order valence-corrected chi connectivity index (χ1v) is 9.19. The van der Waals surface area contributed by atoms with Crippen LogP contribution in [-0.2, 0) is 12.8 Å². The second-order valence-electron chi connectivity index (χ2n) is 6.03. The molecule has 4 N–H and O–H groups in total. The van der Waals surface area contributed by atoms with Gasteiger partial charge in [-0.05, 0) is 73.9 Å². The summed E-state index contributed by atoms with van der Waals surface area (Å²) in [5.41, 5.74) is 11.3. The maximum Gasteiger partial charge on any atom is 0.199 e. The molecule has 1 aliphatic rings. The average molecular weight is 340 g/mol. The number of aryl methyl sites for hydroxylation is 1. The molecule has 4 nitrogen and oxygen atoms in total. The van der Waals surface area contributed by atoms with Crippen LogP contribution in [0.3, 0.4) is 0 Å². The first kappa shape index (κ1) is 16.7. The predicted octanol–water partition coefficient (Wildman–Crippen LogP) is 3.83. The monoisotopic (exact) mass is 340 g/mol. The lowest BCUT2D eigenvalue weighted by Gasteiger charge is -2.06. The molecule has 0 saturated carbocycles. The number of hydrogen-bond donors (Lipinski definition) is 3. The van der Waals surface area contributed by atoms with E-state index in [-0.39, 0.29) is 0 Å². The molecule has 1 heterocycles. The molecule has 0 aliphatic heterocycles. The molecule has 0 radical (unpaired) electrons.